The highest BCUT2D eigenvalue weighted by molar-refractivity contribution is 5.11. The molecule has 1 N–H and O–H groups in total. The van der Waals surface area contributed by atoms with Gasteiger partial charge in [0.2, 0.25) is 0 Å². The number of rotatable bonds is 8. The average molecular weight is 238 g/mol. The van der Waals surface area contributed by atoms with Crippen molar-refractivity contribution in [2.45, 2.75) is 52.0 Å². The molecule has 0 amide bonds. The van der Waals surface area contributed by atoms with Gasteiger partial charge in [-0.1, -0.05) is 39.5 Å². The second kappa shape index (κ2) is 8.18. The van der Waals surface area contributed by atoms with E-state index < -0.39 is 0 Å². The zero-order chi connectivity index (χ0) is 12.5. The van der Waals surface area contributed by atoms with Crippen molar-refractivity contribution in [3.63, 3.8) is 0 Å². The van der Waals surface area contributed by atoms with Crippen LogP contribution in [0.4, 0.5) is 4.39 Å². The van der Waals surface area contributed by atoms with Gasteiger partial charge in [-0.2, -0.15) is 0 Å². The molecule has 1 rings (SSSR count). The van der Waals surface area contributed by atoms with E-state index in [1.54, 1.807) is 12.3 Å². The van der Waals surface area contributed by atoms with Crippen molar-refractivity contribution in [1.82, 2.24) is 10.3 Å². The van der Waals surface area contributed by atoms with Gasteiger partial charge < -0.3 is 5.32 Å². The highest BCUT2D eigenvalue weighted by atomic mass is 19.1. The topological polar surface area (TPSA) is 24.9 Å². The molecule has 0 aromatic carbocycles. The average Bonchev–Trinajstić information content (AvgIpc) is 2.34. The molecule has 17 heavy (non-hydrogen) atoms. The lowest BCUT2D eigenvalue weighted by Gasteiger charge is -2.17. The van der Waals surface area contributed by atoms with Crippen LogP contribution in [0.2, 0.25) is 0 Å². The smallest absolute Gasteiger partial charge is 0.146 e. The Labute approximate surface area is 104 Å². The summed E-state index contributed by atoms with van der Waals surface area (Å²) < 4.78 is 13.6. The van der Waals surface area contributed by atoms with Gasteiger partial charge in [-0.15, -0.1) is 0 Å². The molecule has 1 aromatic rings. The predicted molar refractivity (Wildman–Crippen MR) is 69.4 cm³/mol. The second-order valence-corrected chi connectivity index (χ2v) is 4.33. The summed E-state index contributed by atoms with van der Waals surface area (Å²) >= 11 is 0. The van der Waals surface area contributed by atoms with Crippen LogP contribution in [0, 0.1) is 5.82 Å². The fourth-order valence-electron chi connectivity index (χ4n) is 2.01. The zero-order valence-corrected chi connectivity index (χ0v) is 10.9. The Balaban J connectivity index is 2.56. The first kappa shape index (κ1) is 14.1. The van der Waals surface area contributed by atoms with Gasteiger partial charge in [-0.3, -0.25) is 4.98 Å². The van der Waals surface area contributed by atoms with Crippen molar-refractivity contribution in [2.24, 2.45) is 0 Å². The van der Waals surface area contributed by atoms with Crippen LogP contribution in [0.25, 0.3) is 0 Å². The third kappa shape index (κ3) is 4.82. The minimum atomic E-state index is -0.200. The number of unbranched alkanes of at least 4 members (excludes halogenated alkanes) is 3. The van der Waals surface area contributed by atoms with Gasteiger partial charge in [0.05, 0.1) is 11.7 Å². The van der Waals surface area contributed by atoms with E-state index in [0.717, 1.165) is 19.4 Å². The number of nitrogens with one attached hydrogen (secondary N) is 1. The maximum absolute atomic E-state index is 13.6. The molecule has 0 bridgehead atoms. The van der Waals surface area contributed by atoms with Crippen molar-refractivity contribution in [3.8, 4) is 0 Å². The molecule has 0 saturated carbocycles. The Hall–Kier alpha value is -0.960. The number of nitrogens with zero attached hydrogens (tertiary/aromatic N) is 1. The predicted octanol–water partition coefficient (Wildman–Crippen LogP) is 3.84. The van der Waals surface area contributed by atoms with Gasteiger partial charge in [0.25, 0.3) is 0 Å². The molecule has 0 spiro atoms. The SMILES string of the molecule is CCCCCCC(NCC)c1ncccc1F. The molecule has 0 fully saturated rings. The van der Waals surface area contributed by atoms with Crippen LogP contribution in [0.3, 0.4) is 0 Å². The molecular formula is C14H23FN2. The van der Waals surface area contributed by atoms with Crippen molar-refractivity contribution in [1.29, 1.82) is 0 Å². The second-order valence-electron chi connectivity index (χ2n) is 4.33. The van der Waals surface area contributed by atoms with Crippen LogP contribution < -0.4 is 5.32 Å². The van der Waals surface area contributed by atoms with Gasteiger partial charge >= 0.3 is 0 Å². The maximum Gasteiger partial charge on any atom is 0.146 e. The summed E-state index contributed by atoms with van der Waals surface area (Å²) in [6.45, 7) is 5.08. The third-order valence-corrected chi connectivity index (χ3v) is 2.91. The summed E-state index contributed by atoms with van der Waals surface area (Å²) in [5.41, 5.74) is 0.561. The van der Waals surface area contributed by atoms with E-state index in [9.17, 15) is 4.39 Å². The quantitative estimate of drug-likeness (QED) is 0.696. The van der Waals surface area contributed by atoms with E-state index >= 15 is 0 Å². The van der Waals surface area contributed by atoms with Crippen molar-refractivity contribution in [3.05, 3.63) is 29.8 Å². The Kier molecular flexibility index (Phi) is 6.78. The van der Waals surface area contributed by atoms with Gasteiger partial charge in [0.15, 0.2) is 0 Å². The molecule has 2 nitrogen and oxygen atoms in total. The molecule has 96 valence electrons. The first-order chi connectivity index (χ1) is 8.29. The molecule has 1 unspecified atom stereocenters. The van der Waals surface area contributed by atoms with E-state index in [-0.39, 0.29) is 11.9 Å². The molecule has 0 aliphatic carbocycles. The fourth-order valence-corrected chi connectivity index (χ4v) is 2.01. The molecule has 0 aliphatic heterocycles. The van der Waals surface area contributed by atoms with Crippen LogP contribution in [0.1, 0.15) is 57.7 Å². The minimum Gasteiger partial charge on any atom is -0.309 e. The number of halogens is 1. The van der Waals surface area contributed by atoms with Crippen LogP contribution in [-0.4, -0.2) is 11.5 Å². The Morgan fingerprint density at radius 3 is 2.76 bits per heavy atom. The van der Waals surface area contributed by atoms with Gasteiger partial charge in [0.1, 0.15) is 5.82 Å². The standard InChI is InChI=1S/C14H23FN2/c1-3-5-6-7-10-13(16-4-2)14-12(15)9-8-11-17-14/h8-9,11,13,16H,3-7,10H2,1-2H3. The summed E-state index contributed by atoms with van der Waals surface area (Å²) in [4.78, 5) is 4.16. The van der Waals surface area contributed by atoms with E-state index in [0.29, 0.717) is 5.69 Å². The van der Waals surface area contributed by atoms with Crippen LogP contribution in [-0.2, 0) is 0 Å². The Morgan fingerprint density at radius 1 is 1.29 bits per heavy atom. The monoisotopic (exact) mass is 238 g/mol. The largest absolute Gasteiger partial charge is 0.309 e. The minimum absolute atomic E-state index is 0.0538. The molecule has 1 atom stereocenters. The molecule has 1 aromatic heterocycles. The summed E-state index contributed by atoms with van der Waals surface area (Å²) in [5, 5.41) is 3.31. The molecule has 3 heteroatoms. The molecular weight excluding hydrogens is 215 g/mol. The lowest BCUT2D eigenvalue weighted by atomic mass is 10.0. The van der Waals surface area contributed by atoms with Crippen molar-refractivity contribution >= 4 is 0 Å². The van der Waals surface area contributed by atoms with Crippen LogP contribution >= 0.6 is 0 Å². The van der Waals surface area contributed by atoms with E-state index in [4.69, 9.17) is 0 Å². The summed E-state index contributed by atoms with van der Waals surface area (Å²) in [7, 11) is 0. The zero-order valence-electron chi connectivity index (χ0n) is 10.9. The number of hydrogen-bond donors (Lipinski definition) is 1. The normalized spacial score (nSPS) is 12.6. The van der Waals surface area contributed by atoms with Crippen molar-refractivity contribution in [2.75, 3.05) is 6.54 Å². The van der Waals surface area contributed by atoms with Gasteiger partial charge in [-0.05, 0) is 25.1 Å². The first-order valence-corrected chi connectivity index (χ1v) is 6.63. The number of aromatic nitrogens is 1. The van der Waals surface area contributed by atoms with Crippen molar-refractivity contribution < 1.29 is 4.39 Å². The van der Waals surface area contributed by atoms with Crippen LogP contribution in [0.5, 0.6) is 0 Å². The summed E-state index contributed by atoms with van der Waals surface area (Å²) in [5.74, 6) is -0.200. The van der Waals surface area contributed by atoms with E-state index in [2.05, 4.69) is 17.2 Å². The number of hydrogen-bond acceptors (Lipinski definition) is 2. The third-order valence-electron chi connectivity index (χ3n) is 2.91. The molecule has 0 aliphatic rings. The molecule has 0 radical (unpaired) electrons. The maximum atomic E-state index is 13.6. The number of pyridine rings is 1. The molecule has 1 heterocycles. The summed E-state index contributed by atoms with van der Waals surface area (Å²) in [6.07, 6.45) is 7.44. The Morgan fingerprint density at radius 2 is 2.12 bits per heavy atom. The lowest BCUT2D eigenvalue weighted by Crippen LogP contribution is -2.23. The fraction of sp³-hybridized carbons (Fsp3) is 0.643. The Bertz CT molecular complexity index is 315. The highest BCUT2D eigenvalue weighted by Crippen LogP contribution is 2.20. The van der Waals surface area contributed by atoms with Gasteiger partial charge in [0, 0.05) is 6.20 Å². The van der Waals surface area contributed by atoms with E-state index in [1.807, 2.05) is 6.92 Å². The highest BCUT2D eigenvalue weighted by Gasteiger charge is 2.15. The lowest BCUT2D eigenvalue weighted by molar-refractivity contribution is 0.449. The van der Waals surface area contributed by atoms with Gasteiger partial charge in [-0.25, -0.2) is 4.39 Å². The summed E-state index contributed by atoms with van der Waals surface area (Å²) in [6, 6.07) is 3.18. The molecule has 0 saturated heterocycles. The van der Waals surface area contributed by atoms with E-state index in [1.165, 1.54) is 25.3 Å². The van der Waals surface area contributed by atoms with Crippen LogP contribution in [0.15, 0.2) is 18.3 Å². The first-order valence-electron chi connectivity index (χ1n) is 6.63.